The molecule has 8 nitrogen and oxygen atoms in total. The first-order chi connectivity index (χ1) is 18.4. The zero-order valence-electron chi connectivity index (χ0n) is 21.3. The van der Waals surface area contributed by atoms with Crippen LogP contribution in [-0.4, -0.2) is 68.7 Å². The lowest BCUT2D eigenvalue weighted by molar-refractivity contribution is 0.0748. The minimum atomic E-state index is -3.66. The van der Waals surface area contributed by atoms with Gasteiger partial charge in [0.2, 0.25) is 10.0 Å². The number of anilines is 2. The second-order valence-electron chi connectivity index (χ2n) is 9.61. The number of piperidine rings is 1. The van der Waals surface area contributed by atoms with E-state index in [1.54, 1.807) is 41.3 Å². The molecule has 2 amide bonds. The van der Waals surface area contributed by atoms with Crippen LogP contribution >= 0.6 is 0 Å². The van der Waals surface area contributed by atoms with Gasteiger partial charge in [-0.15, -0.1) is 0 Å². The van der Waals surface area contributed by atoms with Gasteiger partial charge in [0.15, 0.2) is 0 Å². The number of benzene rings is 3. The van der Waals surface area contributed by atoms with Crippen LogP contribution in [-0.2, 0) is 10.0 Å². The van der Waals surface area contributed by atoms with Crippen molar-refractivity contribution in [1.82, 2.24) is 9.21 Å². The molecule has 0 aliphatic carbocycles. The zero-order valence-corrected chi connectivity index (χ0v) is 22.1. The molecule has 3 aromatic rings. The average molecular weight is 533 g/mol. The van der Waals surface area contributed by atoms with Crippen LogP contribution in [0.4, 0.5) is 11.4 Å². The van der Waals surface area contributed by atoms with Gasteiger partial charge in [-0.05, 0) is 55.3 Å². The van der Waals surface area contributed by atoms with Crippen molar-refractivity contribution >= 4 is 33.2 Å². The highest BCUT2D eigenvalue weighted by Gasteiger charge is 2.27. The number of carbonyl (C=O) groups excluding carboxylic acids is 2. The van der Waals surface area contributed by atoms with Gasteiger partial charge in [-0.25, -0.2) is 8.42 Å². The number of piperazine rings is 1. The van der Waals surface area contributed by atoms with Gasteiger partial charge in [-0.1, -0.05) is 42.8 Å². The molecule has 1 N–H and O–H groups in total. The first-order valence-corrected chi connectivity index (χ1v) is 14.5. The summed E-state index contributed by atoms with van der Waals surface area (Å²) < 4.78 is 27.7. The standard InChI is InChI=1S/C29H32N4O4S/c34-28(23-10-9-13-25(22-23)38(36,37)33-16-7-2-8-17-33)30-27-15-6-5-14-26(27)29(35)32-20-18-31(19-21-32)24-11-3-1-4-12-24/h1,3-6,9-15,22H,2,7-8,16-21H2,(H,30,34). The summed E-state index contributed by atoms with van der Waals surface area (Å²) in [5.41, 5.74) is 2.17. The van der Waals surface area contributed by atoms with Crippen LogP contribution in [0.1, 0.15) is 40.0 Å². The predicted octanol–water partition coefficient (Wildman–Crippen LogP) is 4.08. The first-order valence-electron chi connectivity index (χ1n) is 13.0. The highest BCUT2D eigenvalue weighted by Crippen LogP contribution is 2.24. The fourth-order valence-corrected chi connectivity index (χ4v) is 6.57. The second kappa shape index (κ2) is 11.4. The quantitative estimate of drug-likeness (QED) is 0.517. The molecular weight excluding hydrogens is 500 g/mol. The van der Waals surface area contributed by atoms with E-state index in [9.17, 15) is 18.0 Å². The minimum Gasteiger partial charge on any atom is -0.368 e. The zero-order chi connectivity index (χ0) is 26.5. The summed E-state index contributed by atoms with van der Waals surface area (Å²) in [7, 11) is -3.66. The largest absolute Gasteiger partial charge is 0.368 e. The summed E-state index contributed by atoms with van der Waals surface area (Å²) in [6.07, 6.45) is 2.70. The number of carbonyl (C=O) groups is 2. The van der Waals surface area contributed by atoms with Gasteiger partial charge in [0, 0.05) is 50.5 Å². The van der Waals surface area contributed by atoms with Crippen molar-refractivity contribution in [3.05, 3.63) is 90.0 Å². The van der Waals surface area contributed by atoms with E-state index in [0.29, 0.717) is 37.4 Å². The Balaban J connectivity index is 1.28. The number of para-hydroxylation sites is 2. The van der Waals surface area contributed by atoms with E-state index < -0.39 is 15.9 Å². The molecule has 0 bridgehead atoms. The maximum absolute atomic E-state index is 13.4. The lowest BCUT2D eigenvalue weighted by Crippen LogP contribution is -2.48. The third-order valence-electron chi connectivity index (χ3n) is 7.14. The first kappa shape index (κ1) is 25.9. The maximum Gasteiger partial charge on any atom is 0.256 e. The molecule has 5 rings (SSSR count). The van der Waals surface area contributed by atoms with Crippen molar-refractivity contribution in [1.29, 1.82) is 0 Å². The molecule has 0 saturated carbocycles. The molecule has 198 valence electrons. The third-order valence-corrected chi connectivity index (χ3v) is 9.04. The van der Waals surface area contributed by atoms with Gasteiger partial charge in [0.05, 0.1) is 16.1 Å². The van der Waals surface area contributed by atoms with Gasteiger partial charge in [-0.2, -0.15) is 4.31 Å². The van der Waals surface area contributed by atoms with E-state index in [1.807, 2.05) is 18.2 Å². The van der Waals surface area contributed by atoms with E-state index in [-0.39, 0.29) is 16.4 Å². The van der Waals surface area contributed by atoms with Crippen molar-refractivity contribution in [3.63, 3.8) is 0 Å². The van der Waals surface area contributed by atoms with Crippen molar-refractivity contribution < 1.29 is 18.0 Å². The summed E-state index contributed by atoms with van der Waals surface area (Å²) in [5, 5.41) is 2.83. The van der Waals surface area contributed by atoms with E-state index in [1.165, 1.54) is 16.4 Å². The predicted molar refractivity (Wildman–Crippen MR) is 148 cm³/mol. The molecule has 0 spiro atoms. The molecule has 2 saturated heterocycles. The van der Waals surface area contributed by atoms with Gasteiger partial charge in [-0.3, -0.25) is 9.59 Å². The topological polar surface area (TPSA) is 90.0 Å². The molecule has 2 fully saturated rings. The Morgan fingerprint density at radius 2 is 1.39 bits per heavy atom. The Morgan fingerprint density at radius 3 is 2.13 bits per heavy atom. The molecule has 0 radical (unpaired) electrons. The van der Waals surface area contributed by atoms with Crippen LogP contribution < -0.4 is 10.2 Å². The summed E-state index contributed by atoms with van der Waals surface area (Å²) in [6.45, 7) is 3.59. The fraction of sp³-hybridized carbons (Fsp3) is 0.310. The van der Waals surface area contributed by atoms with Crippen LogP contribution in [0.2, 0.25) is 0 Å². The fourth-order valence-electron chi connectivity index (χ4n) is 5.00. The number of rotatable bonds is 6. The molecule has 2 aliphatic rings. The summed E-state index contributed by atoms with van der Waals surface area (Å²) in [4.78, 5) is 30.7. The third kappa shape index (κ3) is 5.58. The van der Waals surface area contributed by atoms with E-state index in [4.69, 9.17) is 0 Å². The number of sulfonamides is 1. The highest BCUT2D eigenvalue weighted by molar-refractivity contribution is 7.89. The smallest absolute Gasteiger partial charge is 0.256 e. The van der Waals surface area contributed by atoms with Crippen LogP contribution in [0, 0.1) is 0 Å². The van der Waals surface area contributed by atoms with Crippen LogP contribution in [0.5, 0.6) is 0 Å². The Bertz CT molecular complexity index is 1400. The monoisotopic (exact) mass is 532 g/mol. The number of nitrogens with one attached hydrogen (secondary N) is 1. The minimum absolute atomic E-state index is 0.104. The molecule has 2 heterocycles. The summed E-state index contributed by atoms with van der Waals surface area (Å²) in [6, 6.07) is 23.1. The Morgan fingerprint density at radius 1 is 0.711 bits per heavy atom. The molecule has 2 aliphatic heterocycles. The maximum atomic E-state index is 13.4. The van der Waals surface area contributed by atoms with E-state index in [2.05, 4.69) is 22.3 Å². The van der Waals surface area contributed by atoms with Crippen molar-refractivity contribution in [2.75, 3.05) is 49.5 Å². The normalized spacial score (nSPS) is 16.7. The van der Waals surface area contributed by atoms with E-state index >= 15 is 0 Å². The van der Waals surface area contributed by atoms with Crippen molar-refractivity contribution in [3.8, 4) is 0 Å². The Kier molecular flexibility index (Phi) is 7.76. The average Bonchev–Trinajstić information content (AvgIpc) is 2.98. The Hall–Kier alpha value is -3.69. The van der Waals surface area contributed by atoms with Gasteiger partial charge < -0.3 is 15.1 Å². The lowest BCUT2D eigenvalue weighted by atomic mass is 10.1. The van der Waals surface area contributed by atoms with E-state index in [0.717, 1.165) is 38.0 Å². The van der Waals surface area contributed by atoms with Crippen LogP contribution in [0.3, 0.4) is 0 Å². The molecule has 9 heteroatoms. The van der Waals surface area contributed by atoms with Crippen molar-refractivity contribution in [2.45, 2.75) is 24.2 Å². The van der Waals surface area contributed by atoms with Crippen LogP contribution in [0.15, 0.2) is 83.8 Å². The summed E-state index contributed by atoms with van der Waals surface area (Å²) >= 11 is 0. The van der Waals surface area contributed by atoms with Gasteiger partial charge in [0.1, 0.15) is 0 Å². The number of hydrogen-bond donors (Lipinski definition) is 1. The highest BCUT2D eigenvalue weighted by atomic mass is 32.2. The van der Waals surface area contributed by atoms with Gasteiger partial charge in [0.25, 0.3) is 11.8 Å². The van der Waals surface area contributed by atoms with Gasteiger partial charge >= 0.3 is 0 Å². The lowest BCUT2D eigenvalue weighted by Gasteiger charge is -2.36. The number of amides is 2. The number of nitrogens with zero attached hydrogens (tertiary/aromatic N) is 3. The molecule has 0 atom stereocenters. The molecule has 3 aromatic carbocycles. The summed E-state index contributed by atoms with van der Waals surface area (Å²) in [5.74, 6) is -0.607. The molecule has 38 heavy (non-hydrogen) atoms. The Labute approximate surface area is 223 Å². The SMILES string of the molecule is O=C(Nc1ccccc1C(=O)N1CCN(c2ccccc2)CC1)c1cccc(S(=O)(=O)N2CCCCC2)c1. The molecule has 0 unspecified atom stereocenters. The number of hydrogen-bond acceptors (Lipinski definition) is 5. The van der Waals surface area contributed by atoms with Crippen molar-refractivity contribution in [2.24, 2.45) is 0 Å². The molecular formula is C29H32N4O4S. The molecule has 0 aromatic heterocycles. The van der Waals surface area contributed by atoms with Crippen LogP contribution in [0.25, 0.3) is 0 Å². The second-order valence-corrected chi connectivity index (χ2v) is 11.5.